The summed E-state index contributed by atoms with van der Waals surface area (Å²) in [6.07, 6.45) is 1.16. The van der Waals surface area contributed by atoms with Gasteiger partial charge in [0, 0.05) is 11.2 Å². The number of pyridine rings is 1. The van der Waals surface area contributed by atoms with Gasteiger partial charge in [-0.15, -0.1) is 0 Å². The Bertz CT molecular complexity index is 654. The fraction of sp³-hybridized carbons (Fsp3) is 0.0833. The molecule has 2 rings (SSSR count). The number of hydrogen-bond acceptors (Lipinski definition) is 4. The summed E-state index contributed by atoms with van der Waals surface area (Å²) in [4.78, 5) is 4.79. The van der Waals surface area contributed by atoms with Crippen molar-refractivity contribution in [3.63, 3.8) is 0 Å². The lowest BCUT2D eigenvalue weighted by molar-refractivity contribution is 0.572. The van der Waals surface area contributed by atoms with E-state index in [0.29, 0.717) is 5.03 Å². The molecule has 0 fully saturated rings. The maximum absolute atomic E-state index is 12.9. The molecule has 1 aromatic heterocycles. The van der Waals surface area contributed by atoms with Gasteiger partial charge in [-0.25, -0.2) is 13.4 Å². The normalized spacial score (nSPS) is 11.4. The highest BCUT2D eigenvalue weighted by molar-refractivity contribution is 7.99. The van der Waals surface area contributed by atoms with Crippen LogP contribution in [-0.4, -0.2) is 19.7 Å². The average molecular weight is 283 g/mol. The molecule has 0 radical (unpaired) electrons. The van der Waals surface area contributed by atoms with Gasteiger partial charge in [0.1, 0.15) is 5.03 Å². The van der Waals surface area contributed by atoms with Crippen molar-refractivity contribution < 1.29 is 12.8 Å². The summed E-state index contributed by atoms with van der Waals surface area (Å²) in [5.41, 5.74) is 0. The van der Waals surface area contributed by atoms with Gasteiger partial charge < -0.3 is 0 Å². The Hall–Kier alpha value is -1.40. The largest absolute Gasteiger partial charge is 0.224 e. The van der Waals surface area contributed by atoms with Crippen molar-refractivity contribution in [3.05, 3.63) is 48.4 Å². The molecular formula is C12H10FNO2S2. The molecule has 0 unspecified atom stereocenters. The lowest BCUT2D eigenvalue weighted by Crippen LogP contribution is -1.96. The second kappa shape index (κ2) is 5.07. The number of halogens is 1. The monoisotopic (exact) mass is 283 g/mol. The maximum Gasteiger partial charge on any atom is 0.213 e. The summed E-state index contributed by atoms with van der Waals surface area (Å²) in [7, 11) is -3.18. The van der Waals surface area contributed by atoms with Crippen molar-refractivity contribution >= 4 is 21.6 Å². The van der Waals surface area contributed by atoms with Gasteiger partial charge in [-0.1, -0.05) is 17.8 Å². The third-order valence-corrected chi connectivity index (χ3v) is 4.24. The predicted octanol–water partition coefficient (Wildman–Crippen LogP) is 2.78. The lowest BCUT2D eigenvalue weighted by Gasteiger charge is -2.02. The molecule has 94 valence electrons. The molecule has 1 aromatic carbocycles. The van der Waals surface area contributed by atoms with E-state index in [-0.39, 0.29) is 4.90 Å². The number of rotatable bonds is 3. The van der Waals surface area contributed by atoms with Crippen LogP contribution in [0.25, 0.3) is 0 Å². The van der Waals surface area contributed by atoms with E-state index in [1.165, 1.54) is 30.0 Å². The van der Waals surface area contributed by atoms with Crippen LogP contribution < -0.4 is 0 Å². The molecule has 0 bridgehead atoms. The molecule has 0 aliphatic carbocycles. The van der Waals surface area contributed by atoms with Gasteiger partial charge in [0.2, 0.25) is 5.95 Å². The van der Waals surface area contributed by atoms with E-state index >= 15 is 0 Å². The summed E-state index contributed by atoms with van der Waals surface area (Å²) >= 11 is 1.28. The molecule has 0 atom stereocenters. The van der Waals surface area contributed by atoms with Crippen LogP contribution in [0.4, 0.5) is 4.39 Å². The minimum absolute atomic E-state index is 0.263. The number of aromatic nitrogens is 1. The van der Waals surface area contributed by atoms with Crippen LogP contribution >= 0.6 is 11.8 Å². The minimum Gasteiger partial charge on any atom is -0.224 e. The molecular weight excluding hydrogens is 273 g/mol. The quantitative estimate of drug-likeness (QED) is 0.813. The van der Waals surface area contributed by atoms with Gasteiger partial charge in [0.25, 0.3) is 0 Å². The van der Waals surface area contributed by atoms with Gasteiger partial charge >= 0.3 is 0 Å². The molecule has 0 saturated carbocycles. The number of hydrogen-bond donors (Lipinski definition) is 0. The van der Waals surface area contributed by atoms with Crippen molar-refractivity contribution in [2.75, 3.05) is 6.26 Å². The first-order chi connectivity index (χ1) is 8.45. The second-order valence-corrected chi connectivity index (χ2v) is 6.75. The zero-order valence-corrected chi connectivity index (χ0v) is 11.1. The number of nitrogens with zero attached hydrogens (tertiary/aromatic N) is 1. The second-order valence-electron chi connectivity index (χ2n) is 3.64. The standard InChI is InChI=1S/C12H10FNO2S2/c1-18(15,16)10-7-5-9(6-8-10)17-12-4-2-3-11(13)14-12/h2-8H,1H3. The summed E-state index contributed by atoms with van der Waals surface area (Å²) in [6, 6.07) is 10.9. The Kier molecular flexibility index (Phi) is 3.68. The highest BCUT2D eigenvalue weighted by Gasteiger charge is 2.07. The smallest absolute Gasteiger partial charge is 0.213 e. The van der Waals surface area contributed by atoms with Crippen molar-refractivity contribution in [2.45, 2.75) is 14.8 Å². The third kappa shape index (κ3) is 3.30. The molecule has 0 saturated heterocycles. The van der Waals surface area contributed by atoms with Crippen LogP contribution in [0.15, 0.2) is 57.3 Å². The molecule has 6 heteroatoms. The van der Waals surface area contributed by atoms with E-state index in [0.717, 1.165) is 11.2 Å². The van der Waals surface area contributed by atoms with Crippen LogP contribution in [0.2, 0.25) is 0 Å². The molecule has 3 nitrogen and oxygen atoms in total. The first-order valence-corrected chi connectivity index (χ1v) is 7.76. The first kappa shape index (κ1) is 13.0. The highest BCUT2D eigenvalue weighted by atomic mass is 32.2. The van der Waals surface area contributed by atoms with Crippen LogP contribution in [-0.2, 0) is 9.84 Å². The van der Waals surface area contributed by atoms with Crippen LogP contribution in [0.1, 0.15) is 0 Å². The molecule has 0 N–H and O–H groups in total. The maximum atomic E-state index is 12.9. The fourth-order valence-corrected chi connectivity index (χ4v) is 2.75. The Labute approximate surface area is 109 Å². The van der Waals surface area contributed by atoms with E-state index in [2.05, 4.69) is 4.98 Å². The third-order valence-electron chi connectivity index (χ3n) is 2.16. The Balaban J connectivity index is 2.21. The van der Waals surface area contributed by atoms with Gasteiger partial charge in [0.05, 0.1) is 4.90 Å². The van der Waals surface area contributed by atoms with Gasteiger partial charge in [-0.2, -0.15) is 4.39 Å². The van der Waals surface area contributed by atoms with Crippen LogP contribution in [0, 0.1) is 5.95 Å². The number of sulfone groups is 1. The molecule has 0 aliphatic rings. The Morgan fingerprint density at radius 3 is 2.33 bits per heavy atom. The van der Waals surface area contributed by atoms with E-state index < -0.39 is 15.8 Å². The van der Waals surface area contributed by atoms with E-state index in [9.17, 15) is 12.8 Å². The van der Waals surface area contributed by atoms with Crippen LogP contribution in [0.3, 0.4) is 0 Å². The minimum atomic E-state index is -3.18. The van der Waals surface area contributed by atoms with Crippen LogP contribution in [0.5, 0.6) is 0 Å². The predicted molar refractivity (Wildman–Crippen MR) is 67.9 cm³/mol. The lowest BCUT2D eigenvalue weighted by atomic mass is 10.4. The molecule has 1 heterocycles. The Morgan fingerprint density at radius 1 is 1.11 bits per heavy atom. The summed E-state index contributed by atoms with van der Waals surface area (Å²) < 4.78 is 35.4. The highest BCUT2D eigenvalue weighted by Crippen LogP contribution is 2.26. The topological polar surface area (TPSA) is 47.0 Å². The molecule has 0 aliphatic heterocycles. The zero-order chi connectivity index (χ0) is 13.2. The number of benzene rings is 1. The van der Waals surface area contributed by atoms with Crippen molar-refractivity contribution in [1.29, 1.82) is 0 Å². The molecule has 18 heavy (non-hydrogen) atoms. The average Bonchev–Trinajstić information content (AvgIpc) is 2.28. The zero-order valence-electron chi connectivity index (χ0n) is 9.50. The molecule has 0 spiro atoms. The summed E-state index contributed by atoms with van der Waals surface area (Å²) in [6.45, 7) is 0. The SMILES string of the molecule is CS(=O)(=O)c1ccc(Sc2cccc(F)n2)cc1. The van der Waals surface area contributed by atoms with E-state index in [1.807, 2.05) is 0 Å². The van der Waals surface area contributed by atoms with Crippen molar-refractivity contribution in [1.82, 2.24) is 4.98 Å². The molecule has 0 amide bonds. The van der Waals surface area contributed by atoms with Gasteiger partial charge in [0.15, 0.2) is 9.84 Å². The van der Waals surface area contributed by atoms with Crippen molar-refractivity contribution in [2.24, 2.45) is 0 Å². The Morgan fingerprint density at radius 2 is 1.78 bits per heavy atom. The summed E-state index contributed by atoms with van der Waals surface area (Å²) in [5, 5.41) is 0.530. The summed E-state index contributed by atoms with van der Waals surface area (Å²) in [5.74, 6) is -0.534. The fourth-order valence-electron chi connectivity index (χ4n) is 1.32. The van der Waals surface area contributed by atoms with E-state index in [4.69, 9.17) is 0 Å². The van der Waals surface area contributed by atoms with Gasteiger partial charge in [-0.3, -0.25) is 0 Å². The molecule has 2 aromatic rings. The van der Waals surface area contributed by atoms with E-state index in [1.54, 1.807) is 24.3 Å². The first-order valence-electron chi connectivity index (χ1n) is 5.06. The van der Waals surface area contributed by atoms with Crippen molar-refractivity contribution in [3.8, 4) is 0 Å². The van der Waals surface area contributed by atoms with Gasteiger partial charge in [-0.05, 0) is 36.4 Å².